The van der Waals surface area contributed by atoms with Gasteiger partial charge in [0.05, 0.1) is 28.4 Å². The maximum Gasteiger partial charge on any atom is 0.418 e. The SMILES string of the molecule is COc1ccc(CC(C)NCC(OC(=O)C(=O)OC(CNC(C)Cc2ccc(OC)c(OC)c2)c2ccccc2OCc2ccccc2)c2ccccc2OCc2ccccc2)cc1OC. The van der Waals surface area contributed by atoms with Gasteiger partial charge in [0.2, 0.25) is 0 Å². The van der Waals surface area contributed by atoms with Crippen molar-refractivity contribution in [2.24, 2.45) is 0 Å². The lowest BCUT2D eigenvalue weighted by Gasteiger charge is -2.25. The molecule has 0 heterocycles. The molecule has 0 aliphatic carbocycles. The van der Waals surface area contributed by atoms with E-state index in [2.05, 4.69) is 10.6 Å². The van der Waals surface area contributed by atoms with Gasteiger partial charge in [-0.15, -0.1) is 0 Å². The molecule has 6 aromatic carbocycles. The van der Waals surface area contributed by atoms with E-state index in [-0.39, 0.29) is 38.4 Å². The summed E-state index contributed by atoms with van der Waals surface area (Å²) in [5.41, 5.74) is 5.14. The van der Waals surface area contributed by atoms with Crippen molar-refractivity contribution in [3.05, 3.63) is 179 Å². The van der Waals surface area contributed by atoms with Crippen LogP contribution >= 0.6 is 0 Å². The predicted molar refractivity (Wildman–Crippen MR) is 254 cm³/mol. The third-order valence-corrected chi connectivity index (χ3v) is 11.0. The van der Waals surface area contributed by atoms with Gasteiger partial charge in [-0.3, -0.25) is 0 Å². The summed E-state index contributed by atoms with van der Waals surface area (Å²) in [4.78, 5) is 28.1. The summed E-state index contributed by atoms with van der Waals surface area (Å²) >= 11 is 0. The minimum absolute atomic E-state index is 0.0857. The second kappa shape index (κ2) is 24.9. The van der Waals surface area contributed by atoms with Crippen LogP contribution in [0.4, 0.5) is 0 Å². The molecule has 12 heteroatoms. The fourth-order valence-electron chi connectivity index (χ4n) is 7.49. The second-order valence-electron chi connectivity index (χ2n) is 15.8. The van der Waals surface area contributed by atoms with E-state index in [0.29, 0.717) is 58.5 Å². The minimum atomic E-state index is -1.15. The Labute approximate surface area is 388 Å². The number of nitrogens with one attached hydrogen (secondary N) is 2. The number of esters is 2. The normalized spacial score (nSPS) is 12.8. The highest BCUT2D eigenvalue weighted by Crippen LogP contribution is 2.33. The Morgan fingerprint density at radius 1 is 0.424 bits per heavy atom. The van der Waals surface area contributed by atoms with Gasteiger partial charge >= 0.3 is 11.9 Å². The molecule has 0 bridgehead atoms. The van der Waals surface area contributed by atoms with Crippen molar-refractivity contribution in [3.8, 4) is 34.5 Å². The maximum atomic E-state index is 14.1. The number of methoxy groups -OCH3 is 4. The van der Waals surface area contributed by atoms with E-state index in [0.717, 1.165) is 22.3 Å². The van der Waals surface area contributed by atoms with E-state index < -0.39 is 24.1 Å². The summed E-state index contributed by atoms with van der Waals surface area (Å²) in [6.07, 6.45) is -0.630. The van der Waals surface area contributed by atoms with Crippen molar-refractivity contribution in [1.82, 2.24) is 10.6 Å². The van der Waals surface area contributed by atoms with Crippen LogP contribution in [-0.4, -0.2) is 65.6 Å². The zero-order valence-corrected chi connectivity index (χ0v) is 38.5. The first-order valence-electron chi connectivity index (χ1n) is 22.0. The molecule has 4 atom stereocenters. The summed E-state index contributed by atoms with van der Waals surface area (Å²) in [7, 11) is 6.40. The number of ether oxygens (including phenoxy) is 8. The van der Waals surface area contributed by atoms with Crippen LogP contribution in [-0.2, 0) is 45.1 Å². The Morgan fingerprint density at radius 3 is 1.17 bits per heavy atom. The summed E-state index contributed by atoms with van der Waals surface area (Å²) in [6.45, 7) is 4.95. The van der Waals surface area contributed by atoms with Gasteiger partial charge in [0, 0.05) is 36.3 Å². The number of benzene rings is 6. The quantitative estimate of drug-likeness (QED) is 0.0444. The van der Waals surface area contributed by atoms with E-state index >= 15 is 0 Å². The fourth-order valence-corrected chi connectivity index (χ4v) is 7.49. The molecular weight excluding hydrogens is 837 g/mol. The van der Waals surface area contributed by atoms with Crippen molar-refractivity contribution < 1.29 is 47.5 Å². The van der Waals surface area contributed by atoms with Crippen molar-refractivity contribution >= 4 is 11.9 Å². The van der Waals surface area contributed by atoms with Crippen molar-refractivity contribution in [3.63, 3.8) is 0 Å². The summed E-state index contributed by atoms with van der Waals surface area (Å²) in [5.74, 6) is 1.24. The van der Waals surface area contributed by atoms with Crippen molar-refractivity contribution in [1.29, 1.82) is 0 Å². The molecule has 0 aliphatic heterocycles. The van der Waals surface area contributed by atoms with Gasteiger partial charge in [0.1, 0.15) is 36.9 Å². The van der Waals surface area contributed by atoms with Crippen LogP contribution in [0.2, 0.25) is 0 Å². The predicted octanol–water partition coefficient (Wildman–Crippen LogP) is 9.19. The van der Waals surface area contributed by atoms with Gasteiger partial charge in [-0.1, -0.05) is 109 Å². The van der Waals surface area contributed by atoms with Gasteiger partial charge < -0.3 is 48.5 Å². The third-order valence-electron chi connectivity index (χ3n) is 11.0. The number of carbonyl (C=O) groups is 2. The monoisotopic (exact) mass is 896 g/mol. The average molecular weight is 897 g/mol. The van der Waals surface area contributed by atoms with Gasteiger partial charge in [-0.2, -0.15) is 0 Å². The molecule has 0 spiro atoms. The Hall–Kier alpha value is -7.02. The fraction of sp³-hybridized carbons (Fsp3) is 0.296. The molecule has 346 valence electrons. The molecule has 12 nitrogen and oxygen atoms in total. The molecule has 66 heavy (non-hydrogen) atoms. The highest BCUT2D eigenvalue weighted by molar-refractivity contribution is 6.29. The molecular formula is C54H60N2O10. The van der Waals surface area contributed by atoms with Crippen LogP contribution in [0.5, 0.6) is 34.5 Å². The van der Waals surface area contributed by atoms with Gasteiger partial charge in [-0.25, -0.2) is 9.59 Å². The molecule has 0 aromatic heterocycles. The average Bonchev–Trinajstić information content (AvgIpc) is 3.35. The molecule has 2 N–H and O–H groups in total. The molecule has 6 aromatic rings. The molecule has 0 amide bonds. The Bertz CT molecular complexity index is 2280. The Morgan fingerprint density at radius 2 is 0.788 bits per heavy atom. The number of carbonyl (C=O) groups excluding carboxylic acids is 2. The summed E-state index contributed by atoms with van der Waals surface area (Å²) in [6, 6.07) is 45.6. The lowest BCUT2D eigenvalue weighted by Crippen LogP contribution is -2.36. The summed E-state index contributed by atoms with van der Waals surface area (Å²) < 4.78 is 46.7. The smallest absolute Gasteiger partial charge is 0.418 e. The lowest BCUT2D eigenvalue weighted by molar-refractivity contribution is -0.174. The number of para-hydroxylation sites is 2. The Kier molecular flexibility index (Phi) is 18.3. The molecule has 0 radical (unpaired) electrons. The van der Waals surface area contributed by atoms with Crippen LogP contribution in [0.15, 0.2) is 146 Å². The first kappa shape index (κ1) is 48.4. The molecule has 6 rings (SSSR count). The maximum absolute atomic E-state index is 14.1. The van der Waals surface area contributed by atoms with E-state index in [1.54, 1.807) is 28.4 Å². The number of rotatable bonds is 24. The summed E-state index contributed by atoms with van der Waals surface area (Å²) in [5, 5.41) is 7.02. The van der Waals surface area contributed by atoms with E-state index in [1.165, 1.54) is 0 Å². The first-order valence-corrected chi connectivity index (χ1v) is 22.0. The molecule has 0 fully saturated rings. The third kappa shape index (κ3) is 14.0. The topological polar surface area (TPSA) is 132 Å². The van der Waals surface area contributed by atoms with Crippen LogP contribution in [0.1, 0.15) is 59.4 Å². The van der Waals surface area contributed by atoms with Crippen LogP contribution in [0.25, 0.3) is 0 Å². The molecule has 0 aliphatic rings. The van der Waals surface area contributed by atoms with Gasteiger partial charge in [0.25, 0.3) is 0 Å². The van der Waals surface area contributed by atoms with E-state index in [9.17, 15) is 9.59 Å². The van der Waals surface area contributed by atoms with Crippen LogP contribution in [0, 0.1) is 0 Å². The zero-order chi connectivity index (χ0) is 46.7. The highest BCUT2D eigenvalue weighted by Gasteiger charge is 2.30. The van der Waals surface area contributed by atoms with Gasteiger partial charge in [-0.05, 0) is 85.3 Å². The standard InChI is InChI=1S/C54H60N2O10/c1-37(29-41-25-27-47(59-3)49(31-41)61-5)55-33-51(43-21-13-15-23-45(43)63-35-39-17-9-7-10-18-39)65-53(57)54(58)66-52(34-56-38(2)30-42-26-28-48(60-4)50(32-42)62-6)44-22-14-16-24-46(44)64-36-40-19-11-8-12-20-40/h7-28,31-32,37-38,51-52,55-56H,29-30,33-36H2,1-6H3. The van der Waals surface area contributed by atoms with E-state index in [1.807, 2.05) is 159 Å². The molecule has 0 saturated heterocycles. The van der Waals surface area contributed by atoms with Crippen molar-refractivity contribution in [2.45, 2.75) is 64.2 Å². The Balaban J connectivity index is 1.22. The van der Waals surface area contributed by atoms with Crippen LogP contribution in [0.3, 0.4) is 0 Å². The van der Waals surface area contributed by atoms with Crippen molar-refractivity contribution in [2.75, 3.05) is 41.5 Å². The van der Waals surface area contributed by atoms with Crippen LogP contribution < -0.4 is 39.1 Å². The number of hydrogen-bond acceptors (Lipinski definition) is 12. The molecule has 0 saturated carbocycles. The zero-order valence-electron chi connectivity index (χ0n) is 38.5. The van der Waals surface area contributed by atoms with E-state index in [4.69, 9.17) is 37.9 Å². The lowest BCUT2D eigenvalue weighted by atomic mass is 10.0. The second-order valence-corrected chi connectivity index (χ2v) is 15.8. The minimum Gasteiger partial charge on any atom is -0.493 e. The molecule has 4 unspecified atom stereocenters. The highest BCUT2D eigenvalue weighted by atomic mass is 16.6. The number of hydrogen-bond donors (Lipinski definition) is 2. The largest absolute Gasteiger partial charge is 0.493 e. The van der Waals surface area contributed by atoms with Gasteiger partial charge in [0.15, 0.2) is 23.0 Å². The first-order chi connectivity index (χ1) is 32.2.